The molecule has 92 valence electrons. The lowest BCUT2D eigenvalue weighted by molar-refractivity contribution is -0.112. The van der Waals surface area contributed by atoms with E-state index in [1.165, 1.54) is 0 Å². The van der Waals surface area contributed by atoms with E-state index >= 15 is 0 Å². The van der Waals surface area contributed by atoms with E-state index < -0.39 is 0 Å². The van der Waals surface area contributed by atoms with Crippen LogP contribution in [0, 0.1) is 5.92 Å². The van der Waals surface area contributed by atoms with Gasteiger partial charge in [0.25, 0.3) is 0 Å². The van der Waals surface area contributed by atoms with Crippen LogP contribution in [0.2, 0.25) is 0 Å². The van der Waals surface area contributed by atoms with Crippen LogP contribution in [0.5, 0.6) is 0 Å². The van der Waals surface area contributed by atoms with Gasteiger partial charge in [0, 0.05) is 34.7 Å². The molecule has 0 spiro atoms. The summed E-state index contributed by atoms with van der Waals surface area (Å²) in [6, 6.07) is 0.364. The standard InChI is InChI=1S/C12H14ClIN2O/c13-7-6-11-10(12(14)17)8-15-16(11)9-4-2-1-3-5-9/h1-4,8-11H,5-7H2. The maximum atomic E-state index is 11.6. The summed E-state index contributed by atoms with van der Waals surface area (Å²) in [7, 11) is 0. The second-order valence-corrected chi connectivity index (χ2v) is 5.58. The Morgan fingerprint density at radius 3 is 2.94 bits per heavy atom. The summed E-state index contributed by atoms with van der Waals surface area (Å²) >= 11 is 7.68. The molecule has 0 radical (unpaired) electrons. The Morgan fingerprint density at radius 2 is 2.35 bits per heavy atom. The second kappa shape index (κ2) is 6.00. The van der Waals surface area contributed by atoms with Gasteiger partial charge in [-0.1, -0.05) is 24.3 Å². The van der Waals surface area contributed by atoms with E-state index in [-0.39, 0.29) is 21.8 Å². The maximum Gasteiger partial charge on any atom is 0.202 e. The van der Waals surface area contributed by atoms with Crippen LogP contribution in [0.25, 0.3) is 0 Å². The summed E-state index contributed by atoms with van der Waals surface area (Å²) in [6.45, 7) is 0. The zero-order valence-electron chi connectivity index (χ0n) is 9.30. The number of carbonyl (C=O) groups excluding carboxylic acids is 1. The van der Waals surface area contributed by atoms with Gasteiger partial charge in [0.1, 0.15) is 0 Å². The van der Waals surface area contributed by atoms with E-state index in [2.05, 4.69) is 17.3 Å². The number of allylic oxidation sites excluding steroid dienone is 2. The van der Waals surface area contributed by atoms with Crippen molar-refractivity contribution >= 4 is 44.2 Å². The first-order valence-electron chi connectivity index (χ1n) is 5.65. The topological polar surface area (TPSA) is 32.7 Å². The molecule has 0 aromatic carbocycles. The number of rotatable bonds is 4. The summed E-state index contributed by atoms with van der Waals surface area (Å²) in [5.74, 6) is 0.436. The van der Waals surface area contributed by atoms with Crippen LogP contribution in [-0.4, -0.2) is 33.0 Å². The molecule has 3 nitrogen and oxygen atoms in total. The van der Waals surface area contributed by atoms with Crippen molar-refractivity contribution in [2.24, 2.45) is 11.0 Å². The lowest BCUT2D eigenvalue weighted by Crippen LogP contribution is -2.40. The molecule has 0 aromatic heterocycles. The van der Waals surface area contributed by atoms with Crippen molar-refractivity contribution in [1.82, 2.24) is 5.01 Å². The first-order valence-corrected chi connectivity index (χ1v) is 7.26. The molecular weight excluding hydrogens is 351 g/mol. The molecule has 3 atom stereocenters. The largest absolute Gasteiger partial charge is 0.287 e. The third kappa shape index (κ3) is 2.91. The van der Waals surface area contributed by atoms with Crippen molar-refractivity contribution < 1.29 is 4.79 Å². The lowest BCUT2D eigenvalue weighted by atomic mass is 9.98. The average molecular weight is 365 g/mol. The molecule has 1 heterocycles. The smallest absolute Gasteiger partial charge is 0.202 e. The number of alkyl halides is 1. The second-order valence-electron chi connectivity index (χ2n) is 4.14. The molecule has 2 rings (SSSR count). The Morgan fingerprint density at radius 1 is 1.53 bits per heavy atom. The summed E-state index contributed by atoms with van der Waals surface area (Å²) in [6.07, 6.45) is 11.8. The minimum absolute atomic E-state index is 0.109. The fraction of sp³-hybridized carbons (Fsp3) is 0.500. The molecule has 0 saturated carbocycles. The first kappa shape index (κ1) is 13.1. The number of carbonyl (C=O) groups is 1. The first-order chi connectivity index (χ1) is 8.24. The van der Waals surface area contributed by atoms with E-state index in [9.17, 15) is 4.79 Å². The van der Waals surface area contributed by atoms with Crippen molar-refractivity contribution in [2.45, 2.75) is 24.9 Å². The highest BCUT2D eigenvalue weighted by atomic mass is 127. The van der Waals surface area contributed by atoms with Crippen molar-refractivity contribution in [3.8, 4) is 0 Å². The van der Waals surface area contributed by atoms with E-state index in [1.54, 1.807) is 6.21 Å². The monoisotopic (exact) mass is 364 g/mol. The Balaban J connectivity index is 2.11. The number of hydrazone groups is 1. The van der Waals surface area contributed by atoms with Crippen LogP contribution in [0.1, 0.15) is 12.8 Å². The predicted molar refractivity (Wildman–Crippen MR) is 78.7 cm³/mol. The molecule has 0 fully saturated rings. The van der Waals surface area contributed by atoms with Gasteiger partial charge in [0.05, 0.1) is 18.0 Å². The van der Waals surface area contributed by atoms with Crippen LogP contribution >= 0.6 is 34.2 Å². The van der Waals surface area contributed by atoms with E-state index in [4.69, 9.17) is 11.6 Å². The molecule has 0 bridgehead atoms. The van der Waals surface area contributed by atoms with Crippen molar-refractivity contribution in [1.29, 1.82) is 0 Å². The quantitative estimate of drug-likeness (QED) is 0.436. The Labute approximate surface area is 120 Å². The van der Waals surface area contributed by atoms with Gasteiger partial charge in [0.2, 0.25) is 3.79 Å². The van der Waals surface area contributed by atoms with Gasteiger partial charge in [-0.05, 0) is 12.8 Å². The third-order valence-corrected chi connectivity index (χ3v) is 4.02. The molecule has 1 aliphatic carbocycles. The maximum absolute atomic E-state index is 11.6. The van der Waals surface area contributed by atoms with Crippen LogP contribution in [0.15, 0.2) is 29.4 Å². The van der Waals surface area contributed by atoms with Gasteiger partial charge in [-0.2, -0.15) is 5.10 Å². The van der Waals surface area contributed by atoms with Crippen LogP contribution in [0.4, 0.5) is 0 Å². The zero-order chi connectivity index (χ0) is 12.3. The van der Waals surface area contributed by atoms with E-state index in [0.717, 1.165) is 12.8 Å². The fourth-order valence-corrected chi connectivity index (χ4v) is 3.03. The average Bonchev–Trinajstić information content (AvgIpc) is 2.75. The molecular formula is C12H14ClIN2O. The minimum Gasteiger partial charge on any atom is -0.287 e. The number of hydrogen-bond donors (Lipinski definition) is 0. The molecule has 0 saturated heterocycles. The molecule has 0 amide bonds. The van der Waals surface area contributed by atoms with Gasteiger partial charge in [-0.3, -0.25) is 9.80 Å². The lowest BCUT2D eigenvalue weighted by Gasteiger charge is -2.32. The zero-order valence-corrected chi connectivity index (χ0v) is 12.2. The van der Waals surface area contributed by atoms with Crippen LogP contribution in [-0.2, 0) is 4.79 Å². The van der Waals surface area contributed by atoms with Crippen molar-refractivity contribution in [2.75, 3.05) is 5.88 Å². The Bertz CT molecular complexity index is 381. The highest BCUT2D eigenvalue weighted by molar-refractivity contribution is 14.1. The summed E-state index contributed by atoms with van der Waals surface area (Å²) < 4.78 is 0.138. The van der Waals surface area contributed by atoms with Crippen LogP contribution in [0.3, 0.4) is 0 Å². The van der Waals surface area contributed by atoms with E-state index in [0.29, 0.717) is 5.88 Å². The number of hydrogen-bond acceptors (Lipinski definition) is 3. The van der Waals surface area contributed by atoms with Crippen LogP contribution < -0.4 is 0 Å². The highest BCUT2D eigenvalue weighted by Crippen LogP contribution is 2.28. The molecule has 1 aliphatic heterocycles. The van der Waals surface area contributed by atoms with Gasteiger partial charge < -0.3 is 0 Å². The summed E-state index contributed by atoms with van der Waals surface area (Å²) in [4.78, 5) is 11.6. The molecule has 0 N–H and O–H groups in total. The molecule has 2 aliphatic rings. The highest BCUT2D eigenvalue weighted by Gasteiger charge is 2.36. The third-order valence-electron chi connectivity index (χ3n) is 3.08. The molecule has 5 heteroatoms. The van der Waals surface area contributed by atoms with Crippen molar-refractivity contribution in [3.05, 3.63) is 24.3 Å². The Kier molecular flexibility index (Phi) is 4.62. The SMILES string of the molecule is O=C(I)C1C=NN(C2C=CC=CC2)C1CCCl. The van der Waals surface area contributed by atoms with Gasteiger partial charge in [-0.15, -0.1) is 11.6 Å². The van der Waals surface area contributed by atoms with E-state index in [1.807, 2.05) is 39.8 Å². The van der Waals surface area contributed by atoms with Gasteiger partial charge in [-0.25, -0.2) is 0 Å². The number of nitrogens with zero attached hydrogens (tertiary/aromatic N) is 2. The predicted octanol–water partition coefficient (Wildman–Crippen LogP) is 2.75. The minimum atomic E-state index is -0.117. The van der Waals surface area contributed by atoms with Crippen molar-refractivity contribution in [3.63, 3.8) is 0 Å². The van der Waals surface area contributed by atoms with Gasteiger partial charge in [0.15, 0.2) is 0 Å². The number of halogens is 2. The molecule has 17 heavy (non-hydrogen) atoms. The molecule has 0 aromatic rings. The summed E-state index contributed by atoms with van der Waals surface area (Å²) in [5, 5.41) is 6.43. The molecule has 3 unspecified atom stereocenters. The summed E-state index contributed by atoms with van der Waals surface area (Å²) in [5.41, 5.74) is 0. The Hall–Kier alpha value is -0.360. The van der Waals surface area contributed by atoms with Gasteiger partial charge >= 0.3 is 0 Å². The normalized spacial score (nSPS) is 31.2. The fourth-order valence-electron chi connectivity index (χ4n) is 2.23.